The third kappa shape index (κ3) is 8.07. The minimum absolute atomic E-state index is 0.0670. The number of hydrogen-bond acceptors (Lipinski definition) is 8. The maximum Gasteiger partial charge on any atom is 0.328 e. The standard InChI is InChI=1S/C26H31Cl2N3O6/c1-16-15-31(10-9-29-16)11-12-36-24-20(27)14-19(23(22(24)28)37-17(2)32)25(33)30-21(26(34)35-3)13-18-7-5-4-6-8-18/h4-8,14,16,21,29H,9-13,15H2,1-3H3,(H,30,33). The van der Waals surface area contributed by atoms with Crippen LogP contribution in [0.2, 0.25) is 10.0 Å². The molecule has 0 radical (unpaired) electrons. The SMILES string of the molecule is COC(=O)C(Cc1ccccc1)NC(=O)c1cc(Cl)c(OCCN2CCNC(C)C2)c(Cl)c1OC(C)=O. The van der Waals surface area contributed by atoms with Crippen LogP contribution in [-0.2, 0) is 20.7 Å². The number of piperazine rings is 1. The van der Waals surface area contributed by atoms with Gasteiger partial charge in [0.25, 0.3) is 5.91 Å². The van der Waals surface area contributed by atoms with Gasteiger partial charge in [0.1, 0.15) is 17.7 Å². The van der Waals surface area contributed by atoms with E-state index in [2.05, 4.69) is 22.5 Å². The molecule has 9 nitrogen and oxygen atoms in total. The van der Waals surface area contributed by atoms with Gasteiger partial charge in [-0.05, 0) is 18.6 Å². The van der Waals surface area contributed by atoms with Gasteiger partial charge in [-0.3, -0.25) is 14.5 Å². The van der Waals surface area contributed by atoms with E-state index in [1.165, 1.54) is 20.1 Å². The zero-order valence-corrected chi connectivity index (χ0v) is 22.5. The van der Waals surface area contributed by atoms with E-state index in [0.29, 0.717) is 19.2 Å². The molecule has 0 spiro atoms. The van der Waals surface area contributed by atoms with Crippen LogP contribution in [0.4, 0.5) is 0 Å². The molecular weight excluding hydrogens is 521 g/mol. The minimum atomic E-state index is -1.00. The van der Waals surface area contributed by atoms with Crippen LogP contribution < -0.4 is 20.1 Å². The van der Waals surface area contributed by atoms with E-state index in [1.807, 2.05) is 30.3 Å². The van der Waals surface area contributed by atoms with Crippen LogP contribution >= 0.6 is 23.2 Å². The van der Waals surface area contributed by atoms with Gasteiger partial charge in [-0.15, -0.1) is 0 Å². The molecule has 1 heterocycles. The molecule has 0 saturated carbocycles. The van der Waals surface area contributed by atoms with Gasteiger partial charge in [0.05, 0.1) is 17.7 Å². The average Bonchev–Trinajstić information content (AvgIpc) is 2.87. The van der Waals surface area contributed by atoms with Crippen LogP contribution in [0.3, 0.4) is 0 Å². The first-order chi connectivity index (χ1) is 17.7. The van der Waals surface area contributed by atoms with E-state index in [-0.39, 0.29) is 33.5 Å². The maximum absolute atomic E-state index is 13.3. The van der Waals surface area contributed by atoms with Crippen molar-refractivity contribution in [2.75, 3.05) is 39.9 Å². The fourth-order valence-corrected chi connectivity index (χ4v) is 4.65. The molecule has 2 aromatic carbocycles. The smallest absolute Gasteiger partial charge is 0.328 e. The van der Waals surface area contributed by atoms with Crippen molar-refractivity contribution in [2.45, 2.75) is 32.4 Å². The molecule has 1 fully saturated rings. The summed E-state index contributed by atoms with van der Waals surface area (Å²) in [7, 11) is 1.23. The van der Waals surface area contributed by atoms with E-state index >= 15 is 0 Å². The number of rotatable bonds is 10. The number of ether oxygens (including phenoxy) is 3. The fraction of sp³-hybridized carbons (Fsp3) is 0.423. The second kappa shape index (κ2) is 13.6. The Labute approximate surface area is 226 Å². The lowest BCUT2D eigenvalue weighted by molar-refractivity contribution is -0.142. The third-order valence-corrected chi connectivity index (χ3v) is 6.43. The van der Waals surface area contributed by atoms with Crippen molar-refractivity contribution in [2.24, 2.45) is 0 Å². The van der Waals surface area contributed by atoms with Gasteiger partial charge >= 0.3 is 11.9 Å². The Morgan fingerprint density at radius 3 is 2.57 bits per heavy atom. The zero-order valence-electron chi connectivity index (χ0n) is 21.0. The van der Waals surface area contributed by atoms with Gasteiger partial charge in [0.2, 0.25) is 0 Å². The first kappa shape index (κ1) is 28.7. The van der Waals surface area contributed by atoms with Crippen LogP contribution in [0.25, 0.3) is 0 Å². The summed E-state index contributed by atoms with van der Waals surface area (Å²) in [5.41, 5.74) is 0.701. The molecule has 0 aliphatic carbocycles. The topological polar surface area (TPSA) is 106 Å². The van der Waals surface area contributed by atoms with Gasteiger partial charge in [-0.25, -0.2) is 4.79 Å². The Bertz CT molecular complexity index is 1120. The minimum Gasteiger partial charge on any atom is -0.489 e. The summed E-state index contributed by atoms with van der Waals surface area (Å²) < 4.78 is 16.0. The molecule has 200 valence electrons. The van der Waals surface area contributed by atoms with E-state index in [1.54, 1.807) is 0 Å². The van der Waals surface area contributed by atoms with Gasteiger partial charge < -0.3 is 24.8 Å². The van der Waals surface area contributed by atoms with Crippen molar-refractivity contribution < 1.29 is 28.6 Å². The van der Waals surface area contributed by atoms with Gasteiger partial charge in [-0.2, -0.15) is 0 Å². The van der Waals surface area contributed by atoms with Crippen LogP contribution in [0.15, 0.2) is 36.4 Å². The van der Waals surface area contributed by atoms with Crippen molar-refractivity contribution >= 4 is 41.0 Å². The van der Waals surface area contributed by atoms with Crippen molar-refractivity contribution in [3.8, 4) is 11.5 Å². The highest BCUT2D eigenvalue weighted by atomic mass is 35.5. The number of benzene rings is 2. The van der Waals surface area contributed by atoms with Crippen molar-refractivity contribution in [1.82, 2.24) is 15.5 Å². The number of halogens is 2. The first-order valence-electron chi connectivity index (χ1n) is 11.9. The molecule has 37 heavy (non-hydrogen) atoms. The molecule has 11 heteroatoms. The lowest BCUT2D eigenvalue weighted by Crippen LogP contribution is -2.50. The molecule has 2 N–H and O–H groups in total. The predicted molar refractivity (Wildman–Crippen MR) is 141 cm³/mol. The summed E-state index contributed by atoms with van der Waals surface area (Å²) in [6.45, 7) is 6.89. The van der Waals surface area contributed by atoms with Gasteiger partial charge in [-0.1, -0.05) is 53.5 Å². The molecule has 2 aromatic rings. The summed E-state index contributed by atoms with van der Waals surface area (Å²) in [4.78, 5) is 39.7. The highest BCUT2D eigenvalue weighted by molar-refractivity contribution is 6.39. The third-order valence-electron chi connectivity index (χ3n) is 5.80. The summed E-state index contributed by atoms with van der Waals surface area (Å²) in [5.74, 6) is -2.13. The Morgan fingerprint density at radius 1 is 1.19 bits per heavy atom. The monoisotopic (exact) mass is 551 g/mol. The Balaban J connectivity index is 1.81. The highest BCUT2D eigenvalue weighted by Gasteiger charge is 2.28. The predicted octanol–water partition coefficient (Wildman–Crippen LogP) is 3.11. The summed E-state index contributed by atoms with van der Waals surface area (Å²) in [6.07, 6.45) is 0.190. The first-order valence-corrected chi connectivity index (χ1v) is 12.7. The number of carbonyl (C=O) groups is 3. The van der Waals surface area contributed by atoms with Crippen LogP contribution in [-0.4, -0.2) is 74.7 Å². The summed E-state index contributed by atoms with van der Waals surface area (Å²) in [6, 6.07) is 9.83. The number of amides is 1. The summed E-state index contributed by atoms with van der Waals surface area (Å²) >= 11 is 13.0. The van der Waals surface area contributed by atoms with Crippen molar-refractivity contribution in [3.05, 3.63) is 57.6 Å². The molecule has 0 bridgehead atoms. The Kier molecular flexibility index (Phi) is 10.6. The fourth-order valence-electron chi connectivity index (χ4n) is 4.04. The number of carbonyl (C=O) groups excluding carboxylic acids is 3. The lowest BCUT2D eigenvalue weighted by atomic mass is 10.1. The zero-order chi connectivity index (χ0) is 26.9. The Hall–Kier alpha value is -2.85. The molecule has 3 rings (SSSR count). The second-order valence-corrected chi connectivity index (χ2v) is 9.50. The molecule has 2 atom stereocenters. The van der Waals surface area contributed by atoms with Crippen LogP contribution in [0.5, 0.6) is 11.5 Å². The molecular formula is C26H31Cl2N3O6. The number of nitrogens with one attached hydrogen (secondary N) is 2. The van der Waals surface area contributed by atoms with Crippen LogP contribution in [0, 0.1) is 0 Å². The van der Waals surface area contributed by atoms with E-state index in [0.717, 1.165) is 25.2 Å². The molecule has 1 amide bonds. The number of esters is 2. The summed E-state index contributed by atoms with van der Waals surface area (Å²) in [5, 5.41) is 5.97. The molecule has 1 saturated heterocycles. The maximum atomic E-state index is 13.3. The molecule has 2 unspecified atom stereocenters. The van der Waals surface area contributed by atoms with Crippen molar-refractivity contribution in [1.29, 1.82) is 0 Å². The van der Waals surface area contributed by atoms with E-state index in [4.69, 9.17) is 37.4 Å². The van der Waals surface area contributed by atoms with Gasteiger partial charge in [0, 0.05) is 45.6 Å². The number of hydrogen-bond donors (Lipinski definition) is 2. The van der Waals surface area contributed by atoms with Crippen molar-refractivity contribution in [3.63, 3.8) is 0 Å². The van der Waals surface area contributed by atoms with E-state index < -0.39 is 23.9 Å². The normalized spacial score (nSPS) is 16.5. The second-order valence-electron chi connectivity index (χ2n) is 8.71. The van der Waals surface area contributed by atoms with Gasteiger partial charge in [0.15, 0.2) is 11.5 Å². The largest absolute Gasteiger partial charge is 0.489 e. The highest BCUT2D eigenvalue weighted by Crippen LogP contribution is 2.43. The van der Waals surface area contributed by atoms with E-state index in [9.17, 15) is 14.4 Å². The van der Waals surface area contributed by atoms with Crippen LogP contribution in [0.1, 0.15) is 29.8 Å². The number of methoxy groups -OCH3 is 1. The lowest BCUT2D eigenvalue weighted by Gasteiger charge is -2.31. The quantitative estimate of drug-likeness (QED) is 0.342. The molecule has 0 aromatic heterocycles. The number of nitrogens with zero attached hydrogens (tertiary/aromatic N) is 1. The molecule has 1 aliphatic heterocycles. The Morgan fingerprint density at radius 2 is 1.92 bits per heavy atom. The molecule has 1 aliphatic rings. The average molecular weight is 552 g/mol.